The average molecular weight is 281 g/mol. The van der Waals surface area contributed by atoms with Gasteiger partial charge in [0.1, 0.15) is 0 Å². The highest BCUT2D eigenvalue weighted by molar-refractivity contribution is 5.01. The van der Waals surface area contributed by atoms with Gasteiger partial charge in [-0.25, -0.2) is 0 Å². The SMILES string of the molecule is CCCC1CCC(CN)(N2CCN(C)C(C)(C)C2)CC1. The van der Waals surface area contributed by atoms with Crippen molar-refractivity contribution in [3.63, 3.8) is 0 Å². The van der Waals surface area contributed by atoms with Crippen molar-refractivity contribution < 1.29 is 0 Å². The van der Waals surface area contributed by atoms with E-state index < -0.39 is 0 Å². The third kappa shape index (κ3) is 3.20. The number of nitrogens with zero attached hydrogens (tertiary/aromatic N) is 2. The molecule has 20 heavy (non-hydrogen) atoms. The maximum Gasteiger partial charge on any atom is 0.0333 e. The van der Waals surface area contributed by atoms with Gasteiger partial charge in [-0.15, -0.1) is 0 Å². The molecule has 0 aromatic heterocycles. The Morgan fingerprint density at radius 1 is 1.15 bits per heavy atom. The van der Waals surface area contributed by atoms with Crippen molar-refractivity contribution in [2.24, 2.45) is 11.7 Å². The fourth-order valence-electron chi connectivity index (χ4n) is 4.21. The van der Waals surface area contributed by atoms with Crippen molar-refractivity contribution in [3.05, 3.63) is 0 Å². The Labute approximate surface area is 125 Å². The molecule has 0 atom stereocenters. The summed E-state index contributed by atoms with van der Waals surface area (Å²) in [5.41, 5.74) is 6.83. The summed E-state index contributed by atoms with van der Waals surface area (Å²) in [7, 11) is 2.25. The first kappa shape index (κ1) is 16.3. The molecule has 3 heteroatoms. The second-order valence-corrected chi connectivity index (χ2v) is 7.82. The first-order valence-electron chi connectivity index (χ1n) is 8.60. The van der Waals surface area contributed by atoms with Crippen molar-refractivity contribution in [2.45, 2.75) is 70.4 Å². The fourth-order valence-corrected chi connectivity index (χ4v) is 4.21. The molecule has 3 nitrogen and oxygen atoms in total. The monoisotopic (exact) mass is 281 g/mol. The van der Waals surface area contributed by atoms with Crippen LogP contribution in [0.15, 0.2) is 0 Å². The minimum atomic E-state index is 0.278. The summed E-state index contributed by atoms with van der Waals surface area (Å²) in [5.74, 6) is 0.958. The van der Waals surface area contributed by atoms with Crippen molar-refractivity contribution in [3.8, 4) is 0 Å². The highest BCUT2D eigenvalue weighted by Gasteiger charge is 2.43. The Morgan fingerprint density at radius 2 is 1.80 bits per heavy atom. The van der Waals surface area contributed by atoms with Crippen molar-refractivity contribution in [1.82, 2.24) is 9.80 Å². The lowest BCUT2D eigenvalue weighted by molar-refractivity contribution is -0.0422. The van der Waals surface area contributed by atoms with Crippen LogP contribution in [0.3, 0.4) is 0 Å². The summed E-state index contributed by atoms with van der Waals surface area (Å²) < 4.78 is 0. The molecule has 1 saturated carbocycles. The van der Waals surface area contributed by atoms with Gasteiger partial charge in [-0.1, -0.05) is 19.8 Å². The minimum absolute atomic E-state index is 0.278. The molecule has 2 fully saturated rings. The first-order valence-corrected chi connectivity index (χ1v) is 8.60. The van der Waals surface area contributed by atoms with Gasteiger partial charge in [-0.2, -0.15) is 0 Å². The smallest absolute Gasteiger partial charge is 0.0333 e. The predicted octanol–water partition coefficient (Wildman–Crippen LogP) is 2.70. The average Bonchev–Trinajstić information content (AvgIpc) is 2.43. The molecule has 2 rings (SSSR count). The van der Waals surface area contributed by atoms with Crippen LogP contribution in [-0.2, 0) is 0 Å². The molecular weight excluding hydrogens is 246 g/mol. The molecule has 0 aromatic carbocycles. The summed E-state index contributed by atoms with van der Waals surface area (Å²) in [6.45, 7) is 11.4. The first-order chi connectivity index (χ1) is 9.43. The number of piperazine rings is 1. The van der Waals surface area contributed by atoms with E-state index in [-0.39, 0.29) is 5.54 Å². The highest BCUT2D eigenvalue weighted by atomic mass is 15.3. The quantitative estimate of drug-likeness (QED) is 0.860. The van der Waals surface area contributed by atoms with E-state index in [0.29, 0.717) is 5.54 Å². The molecule has 0 amide bonds. The molecule has 1 saturated heterocycles. The summed E-state index contributed by atoms with van der Waals surface area (Å²) in [6, 6.07) is 0. The van der Waals surface area contributed by atoms with Gasteiger partial charge < -0.3 is 5.73 Å². The van der Waals surface area contributed by atoms with E-state index in [4.69, 9.17) is 5.73 Å². The Hall–Kier alpha value is -0.120. The maximum atomic E-state index is 6.26. The van der Waals surface area contributed by atoms with E-state index >= 15 is 0 Å². The molecule has 0 spiro atoms. The molecule has 0 aromatic rings. The minimum Gasteiger partial charge on any atom is -0.329 e. The van der Waals surface area contributed by atoms with Crippen LogP contribution in [0, 0.1) is 5.92 Å². The van der Waals surface area contributed by atoms with E-state index in [1.165, 1.54) is 58.2 Å². The molecule has 0 unspecified atom stereocenters. The van der Waals surface area contributed by atoms with E-state index in [9.17, 15) is 0 Å². The van der Waals surface area contributed by atoms with Crippen LogP contribution in [0.2, 0.25) is 0 Å². The second-order valence-electron chi connectivity index (χ2n) is 7.82. The number of nitrogens with two attached hydrogens (primary N) is 1. The van der Waals surface area contributed by atoms with Gasteiger partial charge in [-0.3, -0.25) is 9.80 Å². The molecule has 0 bridgehead atoms. The molecule has 1 aliphatic heterocycles. The van der Waals surface area contributed by atoms with Gasteiger partial charge in [0.25, 0.3) is 0 Å². The van der Waals surface area contributed by atoms with Crippen LogP contribution in [-0.4, -0.2) is 54.1 Å². The van der Waals surface area contributed by atoms with Crippen LogP contribution in [0.1, 0.15) is 59.3 Å². The summed E-state index contributed by atoms with van der Waals surface area (Å²) in [5, 5.41) is 0. The van der Waals surface area contributed by atoms with Gasteiger partial charge in [0.05, 0.1) is 0 Å². The van der Waals surface area contributed by atoms with Gasteiger partial charge >= 0.3 is 0 Å². The van der Waals surface area contributed by atoms with Gasteiger partial charge in [0.2, 0.25) is 0 Å². The van der Waals surface area contributed by atoms with Crippen LogP contribution in [0.25, 0.3) is 0 Å². The van der Waals surface area contributed by atoms with Gasteiger partial charge in [0.15, 0.2) is 0 Å². The van der Waals surface area contributed by atoms with Crippen LogP contribution < -0.4 is 5.73 Å². The Balaban J connectivity index is 2.02. The largest absolute Gasteiger partial charge is 0.329 e. The lowest BCUT2D eigenvalue weighted by Gasteiger charge is -2.55. The standard InChI is InChI=1S/C17H35N3/c1-5-6-15-7-9-17(13-18,10-8-15)20-12-11-19(4)16(2,3)14-20/h15H,5-14,18H2,1-4H3. The third-order valence-corrected chi connectivity index (χ3v) is 6.10. The number of hydrogen-bond donors (Lipinski definition) is 1. The zero-order valence-corrected chi connectivity index (χ0v) is 14.1. The van der Waals surface area contributed by atoms with Crippen LogP contribution >= 0.6 is 0 Å². The summed E-state index contributed by atoms with van der Waals surface area (Å²) in [6.07, 6.45) is 8.15. The predicted molar refractivity (Wildman–Crippen MR) is 86.9 cm³/mol. The van der Waals surface area contributed by atoms with E-state index in [0.717, 1.165) is 12.5 Å². The summed E-state index contributed by atoms with van der Waals surface area (Å²) in [4.78, 5) is 5.23. The Kier molecular flexibility index (Phi) is 5.14. The van der Waals surface area contributed by atoms with Crippen molar-refractivity contribution in [1.29, 1.82) is 0 Å². The Morgan fingerprint density at radius 3 is 2.30 bits per heavy atom. The highest BCUT2D eigenvalue weighted by Crippen LogP contribution is 2.39. The fraction of sp³-hybridized carbons (Fsp3) is 1.00. The molecule has 1 aliphatic carbocycles. The number of rotatable bonds is 4. The van der Waals surface area contributed by atoms with E-state index in [1.807, 2.05) is 0 Å². The topological polar surface area (TPSA) is 32.5 Å². The van der Waals surface area contributed by atoms with E-state index in [1.54, 1.807) is 0 Å². The van der Waals surface area contributed by atoms with Crippen LogP contribution in [0.4, 0.5) is 0 Å². The van der Waals surface area contributed by atoms with Gasteiger partial charge in [-0.05, 0) is 52.5 Å². The molecule has 2 N–H and O–H groups in total. The normalized spacial score (nSPS) is 36.1. The second kappa shape index (κ2) is 6.33. The molecular formula is C17H35N3. The number of hydrogen-bond acceptors (Lipinski definition) is 3. The maximum absolute atomic E-state index is 6.26. The van der Waals surface area contributed by atoms with Crippen molar-refractivity contribution >= 4 is 0 Å². The molecule has 1 heterocycles. The molecule has 2 aliphatic rings. The molecule has 0 radical (unpaired) electrons. The third-order valence-electron chi connectivity index (χ3n) is 6.10. The zero-order valence-electron chi connectivity index (χ0n) is 14.1. The Bertz CT molecular complexity index is 305. The lowest BCUT2D eigenvalue weighted by atomic mass is 9.73. The summed E-state index contributed by atoms with van der Waals surface area (Å²) >= 11 is 0. The zero-order chi connectivity index (χ0) is 14.8. The lowest BCUT2D eigenvalue weighted by Crippen LogP contribution is -2.66. The van der Waals surface area contributed by atoms with Crippen LogP contribution in [0.5, 0.6) is 0 Å². The number of likely N-dealkylation sites (N-methyl/N-ethyl adjacent to an activating group) is 1. The van der Waals surface area contributed by atoms with Crippen molar-refractivity contribution in [2.75, 3.05) is 33.2 Å². The van der Waals surface area contributed by atoms with Gasteiger partial charge in [0, 0.05) is 37.3 Å². The molecule has 118 valence electrons. The van der Waals surface area contributed by atoms with E-state index in [2.05, 4.69) is 37.6 Å².